The Morgan fingerprint density at radius 1 is 1.24 bits per heavy atom. The molecular weight excluding hydrogens is 383 g/mol. The summed E-state index contributed by atoms with van der Waals surface area (Å²) in [6.45, 7) is 4.91. The number of hydrogen-bond acceptors (Lipinski definition) is 4. The molecule has 2 aromatic heterocycles. The fourth-order valence-electron chi connectivity index (χ4n) is 3.17. The maximum absolute atomic E-state index is 12.8. The number of amides is 1. The first kappa shape index (κ1) is 20.6. The second kappa shape index (κ2) is 8.10. The van der Waals surface area contributed by atoms with E-state index >= 15 is 0 Å². The van der Waals surface area contributed by atoms with E-state index in [2.05, 4.69) is 15.3 Å². The van der Waals surface area contributed by atoms with Crippen molar-refractivity contribution in [3.8, 4) is 0 Å². The summed E-state index contributed by atoms with van der Waals surface area (Å²) < 4.78 is 40.3. The molecule has 0 saturated carbocycles. The summed E-state index contributed by atoms with van der Waals surface area (Å²) in [6, 6.07) is 4.40. The second-order valence-corrected chi connectivity index (χ2v) is 6.88. The van der Waals surface area contributed by atoms with Gasteiger partial charge >= 0.3 is 6.18 Å². The Bertz CT molecular complexity index is 1040. The molecule has 9 heteroatoms. The fraction of sp³-hybridized carbons (Fsp3) is 0.350. The lowest BCUT2D eigenvalue weighted by Gasteiger charge is -2.10. The minimum Gasteiger partial charge on any atom is -0.382 e. The minimum absolute atomic E-state index is 0.00509. The SMILES string of the molecule is Cc1nc(N)c2ncn(CCCCNC(=O)c3cccc(C(F)(F)F)c3)c2c1C. The van der Waals surface area contributed by atoms with E-state index in [4.69, 9.17) is 5.73 Å². The van der Waals surface area contributed by atoms with E-state index in [1.165, 1.54) is 12.1 Å². The van der Waals surface area contributed by atoms with Crippen LogP contribution in [-0.4, -0.2) is 27.0 Å². The van der Waals surface area contributed by atoms with Gasteiger partial charge in [0.15, 0.2) is 5.82 Å². The van der Waals surface area contributed by atoms with Crippen molar-refractivity contribution in [1.29, 1.82) is 0 Å². The number of pyridine rings is 1. The molecule has 3 aromatic rings. The molecule has 0 spiro atoms. The summed E-state index contributed by atoms with van der Waals surface area (Å²) >= 11 is 0. The molecule has 1 amide bonds. The molecule has 0 radical (unpaired) electrons. The third kappa shape index (κ3) is 4.49. The monoisotopic (exact) mass is 405 g/mol. The van der Waals surface area contributed by atoms with E-state index in [9.17, 15) is 18.0 Å². The average molecular weight is 405 g/mol. The summed E-state index contributed by atoms with van der Waals surface area (Å²) in [4.78, 5) is 20.7. The summed E-state index contributed by atoms with van der Waals surface area (Å²) in [5.74, 6) is -0.121. The Hall–Kier alpha value is -3.10. The van der Waals surface area contributed by atoms with Gasteiger partial charge < -0.3 is 15.6 Å². The number of alkyl halides is 3. The number of anilines is 1. The van der Waals surface area contributed by atoms with E-state index < -0.39 is 17.6 Å². The Labute approximate surface area is 165 Å². The van der Waals surface area contributed by atoms with Crippen LogP contribution in [0.2, 0.25) is 0 Å². The molecule has 1 aromatic carbocycles. The van der Waals surface area contributed by atoms with Crippen LogP contribution in [0.3, 0.4) is 0 Å². The van der Waals surface area contributed by atoms with Crippen molar-refractivity contribution < 1.29 is 18.0 Å². The summed E-state index contributed by atoms with van der Waals surface area (Å²) in [6.07, 6.45) is -1.33. The zero-order valence-corrected chi connectivity index (χ0v) is 16.2. The number of carbonyl (C=O) groups is 1. The van der Waals surface area contributed by atoms with Crippen LogP contribution in [0.15, 0.2) is 30.6 Å². The second-order valence-electron chi connectivity index (χ2n) is 6.88. The lowest BCUT2D eigenvalue weighted by Crippen LogP contribution is -2.25. The van der Waals surface area contributed by atoms with Crippen LogP contribution in [0.25, 0.3) is 11.0 Å². The number of halogens is 3. The number of rotatable bonds is 6. The Balaban J connectivity index is 1.54. The van der Waals surface area contributed by atoms with Crippen molar-refractivity contribution in [2.24, 2.45) is 0 Å². The number of benzene rings is 1. The van der Waals surface area contributed by atoms with E-state index in [0.717, 1.165) is 35.3 Å². The zero-order chi connectivity index (χ0) is 21.2. The van der Waals surface area contributed by atoms with Crippen molar-refractivity contribution in [2.75, 3.05) is 12.3 Å². The minimum atomic E-state index is -4.47. The van der Waals surface area contributed by atoms with Gasteiger partial charge in [0.05, 0.1) is 17.4 Å². The van der Waals surface area contributed by atoms with Gasteiger partial charge in [-0.05, 0) is 50.5 Å². The molecule has 2 heterocycles. The lowest BCUT2D eigenvalue weighted by molar-refractivity contribution is -0.137. The highest BCUT2D eigenvalue weighted by atomic mass is 19.4. The number of nitrogens with two attached hydrogens (primary N) is 1. The molecule has 6 nitrogen and oxygen atoms in total. The number of nitrogens with zero attached hydrogens (tertiary/aromatic N) is 3. The van der Waals surface area contributed by atoms with Gasteiger partial charge in [-0.1, -0.05) is 6.07 Å². The van der Waals surface area contributed by atoms with E-state index in [0.29, 0.717) is 30.8 Å². The number of imidazole rings is 1. The maximum atomic E-state index is 12.8. The van der Waals surface area contributed by atoms with Gasteiger partial charge in [0.25, 0.3) is 5.91 Å². The normalized spacial score (nSPS) is 11.8. The quantitative estimate of drug-likeness (QED) is 0.610. The number of carbonyl (C=O) groups excluding carboxylic acids is 1. The molecule has 3 rings (SSSR count). The summed E-state index contributed by atoms with van der Waals surface area (Å²) in [7, 11) is 0. The van der Waals surface area contributed by atoms with Crippen LogP contribution in [0.4, 0.5) is 19.0 Å². The lowest BCUT2D eigenvalue weighted by atomic mass is 10.1. The maximum Gasteiger partial charge on any atom is 0.416 e. The topological polar surface area (TPSA) is 85.8 Å². The molecule has 0 aliphatic carbocycles. The number of unbranched alkanes of at least 4 members (excludes halogenated alkanes) is 1. The molecule has 29 heavy (non-hydrogen) atoms. The molecule has 3 N–H and O–H groups in total. The molecule has 0 aliphatic heterocycles. The molecule has 0 atom stereocenters. The molecule has 154 valence electrons. The van der Waals surface area contributed by atoms with Crippen LogP contribution in [-0.2, 0) is 12.7 Å². The highest BCUT2D eigenvalue weighted by Crippen LogP contribution is 2.29. The van der Waals surface area contributed by atoms with Gasteiger partial charge in [-0.15, -0.1) is 0 Å². The predicted octanol–water partition coefficient (Wildman–Crippen LogP) is 3.86. The Morgan fingerprint density at radius 3 is 2.72 bits per heavy atom. The van der Waals surface area contributed by atoms with Gasteiger partial charge in [0.1, 0.15) is 5.52 Å². The molecule has 0 bridgehead atoms. The number of hydrogen-bond donors (Lipinski definition) is 2. The fourth-order valence-corrected chi connectivity index (χ4v) is 3.17. The van der Waals surface area contributed by atoms with Gasteiger partial charge in [0.2, 0.25) is 0 Å². The van der Waals surface area contributed by atoms with Gasteiger partial charge in [-0.2, -0.15) is 13.2 Å². The number of nitrogens with one attached hydrogen (secondary N) is 1. The van der Waals surface area contributed by atoms with E-state index in [-0.39, 0.29) is 5.56 Å². The number of nitrogen functional groups attached to an aromatic ring is 1. The average Bonchev–Trinajstić information content (AvgIpc) is 3.10. The van der Waals surface area contributed by atoms with Crippen LogP contribution in [0.1, 0.15) is 40.0 Å². The van der Waals surface area contributed by atoms with Crippen molar-refractivity contribution in [3.63, 3.8) is 0 Å². The standard InChI is InChI=1S/C20H22F3N5O/c1-12-13(2)27-18(24)16-17(12)28(11-26-16)9-4-3-8-25-19(29)14-6-5-7-15(10-14)20(21,22)23/h5-7,10-11H,3-4,8-9H2,1-2H3,(H2,24,27)(H,25,29). The molecular formula is C20H22F3N5O. The largest absolute Gasteiger partial charge is 0.416 e. The smallest absolute Gasteiger partial charge is 0.382 e. The van der Waals surface area contributed by atoms with Crippen molar-refractivity contribution in [3.05, 3.63) is 53.0 Å². The third-order valence-electron chi connectivity index (χ3n) is 4.83. The Kier molecular flexibility index (Phi) is 5.76. The van der Waals surface area contributed by atoms with Crippen molar-refractivity contribution in [1.82, 2.24) is 19.9 Å². The Morgan fingerprint density at radius 2 is 2.00 bits per heavy atom. The van der Waals surface area contributed by atoms with E-state index in [1.807, 2.05) is 18.4 Å². The van der Waals surface area contributed by atoms with Gasteiger partial charge in [-0.25, -0.2) is 9.97 Å². The van der Waals surface area contributed by atoms with Gasteiger partial charge in [0, 0.05) is 24.3 Å². The molecule has 0 saturated heterocycles. The predicted molar refractivity (Wildman–Crippen MR) is 104 cm³/mol. The van der Waals surface area contributed by atoms with Crippen LogP contribution in [0, 0.1) is 13.8 Å². The number of aromatic nitrogens is 3. The third-order valence-corrected chi connectivity index (χ3v) is 4.83. The summed E-state index contributed by atoms with van der Waals surface area (Å²) in [5.41, 5.74) is 8.58. The highest BCUT2D eigenvalue weighted by Gasteiger charge is 2.30. The molecule has 0 fully saturated rings. The van der Waals surface area contributed by atoms with E-state index in [1.54, 1.807) is 6.33 Å². The zero-order valence-electron chi connectivity index (χ0n) is 16.2. The van der Waals surface area contributed by atoms with Crippen molar-refractivity contribution in [2.45, 2.75) is 39.4 Å². The molecule has 0 unspecified atom stereocenters. The van der Waals surface area contributed by atoms with Crippen LogP contribution < -0.4 is 11.1 Å². The van der Waals surface area contributed by atoms with Crippen LogP contribution in [0.5, 0.6) is 0 Å². The van der Waals surface area contributed by atoms with Crippen LogP contribution >= 0.6 is 0 Å². The van der Waals surface area contributed by atoms with Gasteiger partial charge in [-0.3, -0.25) is 4.79 Å². The number of aryl methyl sites for hydroxylation is 3. The molecule has 0 aliphatic rings. The van der Waals surface area contributed by atoms with Crippen molar-refractivity contribution >= 4 is 22.8 Å². The first-order chi connectivity index (χ1) is 13.7. The number of fused-ring (bicyclic) bond motifs is 1. The first-order valence-corrected chi connectivity index (χ1v) is 9.21. The highest BCUT2D eigenvalue weighted by molar-refractivity contribution is 5.94. The first-order valence-electron chi connectivity index (χ1n) is 9.21. The summed E-state index contributed by atoms with van der Waals surface area (Å²) in [5, 5.41) is 2.66.